The van der Waals surface area contributed by atoms with Gasteiger partial charge in [0.25, 0.3) is 0 Å². The third kappa shape index (κ3) is 2.90. The minimum atomic E-state index is -0.0983. The number of rotatable bonds is 4. The number of nitrogens with one attached hydrogen (secondary N) is 2. The highest BCUT2D eigenvalue weighted by Gasteiger charge is 2.30. The van der Waals surface area contributed by atoms with Gasteiger partial charge in [-0.2, -0.15) is 0 Å². The second kappa shape index (κ2) is 6.18. The zero-order valence-corrected chi connectivity index (χ0v) is 13.3. The molecule has 1 aromatic carbocycles. The maximum Gasteiger partial charge on any atom is 0.155 e. The van der Waals surface area contributed by atoms with E-state index in [0.717, 1.165) is 27.8 Å². The Balaban J connectivity index is 1.46. The fourth-order valence-electron chi connectivity index (χ4n) is 2.97. The predicted octanol–water partition coefficient (Wildman–Crippen LogP) is 3.08. The molecule has 23 heavy (non-hydrogen) atoms. The number of carbonyl (C=O) groups excluding carboxylic acids is 1. The average Bonchev–Trinajstić information content (AvgIpc) is 3.24. The van der Waals surface area contributed by atoms with Crippen LogP contribution in [0.25, 0.3) is 10.9 Å². The SMILES string of the molecule is O=C(Cc1c[nH]c2ccccc12)C1CSC(c2cccnc2)N1. The topological polar surface area (TPSA) is 57.8 Å². The van der Waals surface area contributed by atoms with Gasteiger partial charge in [0.1, 0.15) is 0 Å². The number of aromatic nitrogens is 2. The van der Waals surface area contributed by atoms with Gasteiger partial charge in [-0.15, -0.1) is 11.8 Å². The van der Waals surface area contributed by atoms with Crippen LogP contribution < -0.4 is 5.32 Å². The lowest BCUT2D eigenvalue weighted by Gasteiger charge is -2.12. The lowest BCUT2D eigenvalue weighted by Crippen LogP contribution is -2.35. The van der Waals surface area contributed by atoms with E-state index in [2.05, 4.69) is 21.4 Å². The van der Waals surface area contributed by atoms with Gasteiger partial charge in [0.15, 0.2) is 5.78 Å². The summed E-state index contributed by atoms with van der Waals surface area (Å²) in [6.45, 7) is 0. The number of thioether (sulfide) groups is 1. The molecule has 2 atom stereocenters. The number of benzene rings is 1. The monoisotopic (exact) mass is 323 g/mol. The van der Waals surface area contributed by atoms with Gasteiger partial charge in [0.2, 0.25) is 0 Å². The van der Waals surface area contributed by atoms with Crippen molar-refractivity contribution >= 4 is 28.4 Å². The highest BCUT2D eigenvalue weighted by Crippen LogP contribution is 2.33. The van der Waals surface area contributed by atoms with E-state index in [0.29, 0.717) is 6.42 Å². The van der Waals surface area contributed by atoms with Crippen LogP contribution in [0.3, 0.4) is 0 Å². The number of ketones is 1. The Hall–Kier alpha value is -2.11. The number of hydrogen-bond acceptors (Lipinski definition) is 4. The fraction of sp³-hybridized carbons (Fsp3) is 0.222. The summed E-state index contributed by atoms with van der Waals surface area (Å²) in [5, 5.41) is 4.72. The van der Waals surface area contributed by atoms with Crippen LogP contribution in [0.15, 0.2) is 55.0 Å². The first-order chi connectivity index (χ1) is 11.3. The number of nitrogens with zero attached hydrogens (tertiary/aromatic N) is 1. The van der Waals surface area contributed by atoms with Gasteiger partial charge in [-0.25, -0.2) is 0 Å². The summed E-state index contributed by atoms with van der Waals surface area (Å²) in [5.41, 5.74) is 3.28. The molecule has 0 bridgehead atoms. The first-order valence-electron chi connectivity index (χ1n) is 7.66. The second-order valence-electron chi connectivity index (χ2n) is 5.72. The highest BCUT2D eigenvalue weighted by molar-refractivity contribution is 7.99. The molecule has 2 N–H and O–H groups in total. The molecule has 1 aliphatic rings. The van der Waals surface area contributed by atoms with Crippen molar-refractivity contribution in [3.63, 3.8) is 0 Å². The molecule has 0 radical (unpaired) electrons. The highest BCUT2D eigenvalue weighted by atomic mass is 32.2. The van der Waals surface area contributed by atoms with E-state index in [9.17, 15) is 4.79 Å². The Kier molecular flexibility index (Phi) is 3.89. The number of Topliss-reactive ketones (excluding diaryl/α,β-unsaturated/α-hetero) is 1. The first kappa shape index (κ1) is 14.5. The Morgan fingerprint density at radius 1 is 1.26 bits per heavy atom. The zero-order valence-electron chi connectivity index (χ0n) is 12.5. The van der Waals surface area contributed by atoms with Crippen LogP contribution in [-0.2, 0) is 11.2 Å². The summed E-state index contributed by atoms with van der Waals surface area (Å²) < 4.78 is 0. The van der Waals surface area contributed by atoms with Gasteiger partial charge in [-0.05, 0) is 23.3 Å². The molecule has 0 saturated carbocycles. The average molecular weight is 323 g/mol. The maximum atomic E-state index is 12.6. The summed E-state index contributed by atoms with van der Waals surface area (Å²) in [6, 6.07) is 12.0. The molecule has 4 rings (SSSR count). The number of pyridine rings is 1. The summed E-state index contributed by atoms with van der Waals surface area (Å²) in [5.74, 6) is 1.05. The van der Waals surface area contributed by atoms with Crippen molar-refractivity contribution in [1.82, 2.24) is 15.3 Å². The van der Waals surface area contributed by atoms with Crippen molar-refractivity contribution in [2.75, 3.05) is 5.75 Å². The van der Waals surface area contributed by atoms with E-state index >= 15 is 0 Å². The van der Waals surface area contributed by atoms with E-state index < -0.39 is 0 Å². The lowest BCUT2D eigenvalue weighted by molar-refractivity contribution is -0.119. The summed E-state index contributed by atoms with van der Waals surface area (Å²) in [7, 11) is 0. The molecular formula is C18H17N3OS. The van der Waals surface area contributed by atoms with Crippen LogP contribution in [0.4, 0.5) is 0 Å². The summed E-state index contributed by atoms with van der Waals surface area (Å²) in [6.07, 6.45) is 6.03. The first-order valence-corrected chi connectivity index (χ1v) is 8.71. The molecule has 1 aliphatic heterocycles. The molecule has 0 spiro atoms. The number of para-hydroxylation sites is 1. The van der Waals surface area contributed by atoms with Crippen molar-refractivity contribution in [3.05, 3.63) is 66.1 Å². The molecule has 5 heteroatoms. The summed E-state index contributed by atoms with van der Waals surface area (Å²) in [4.78, 5) is 20.0. The Bertz CT molecular complexity index is 830. The van der Waals surface area contributed by atoms with Gasteiger partial charge in [-0.1, -0.05) is 24.3 Å². The van der Waals surface area contributed by atoms with E-state index in [1.807, 2.05) is 42.7 Å². The van der Waals surface area contributed by atoms with Gasteiger partial charge in [0.05, 0.1) is 11.4 Å². The molecule has 4 nitrogen and oxygen atoms in total. The molecule has 1 saturated heterocycles. The Labute approximate surface area is 138 Å². The minimum absolute atomic E-state index is 0.0983. The van der Waals surface area contributed by atoms with Gasteiger partial charge >= 0.3 is 0 Å². The molecule has 2 unspecified atom stereocenters. The number of aromatic amines is 1. The molecule has 3 aromatic rings. The molecule has 1 fully saturated rings. The molecule has 116 valence electrons. The van der Waals surface area contributed by atoms with Crippen molar-refractivity contribution in [2.24, 2.45) is 0 Å². The van der Waals surface area contributed by atoms with Crippen LogP contribution in [0, 0.1) is 0 Å². The van der Waals surface area contributed by atoms with Crippen LogP contribution in [0.1, 0.15) is 16.5 Å². The quantitative estimate of drug-likeness (QED) is 0.775. The number of carbonyl (C=O) groups is 1. The Morgan fingerprint density at radius 2 is 2.17 bits per heavy atom. The zero-order chi connectivity index (χ0) is 15.6. The fourth-order valence-corrected chi connectivity index (χ4v) is 4.23. The van der Waals surface area contributed by atoms with Crippen LogP contribution in [0.2, 0.25) is 0 Å². The van der Waals surface area contributed by atoms with Crippen molar-refractivity contribution in [3.8, 4) is 0 Å². The van der Waals surface area contributed by atoms with Crippen LogP contribution >= 0.6 is 11.8 Å². The third-order valence-corrected chi connectivity index (χ3v) is 5.46. The smallest absolute Gasteiger partial charge is 0.155 e. The van der Waals surface area contributed by atoms with Crippen molar-refractivity contribution < 1.29 is 4.79 Å². The van der Waals surface area contributed by atoms with Gasteiger partial charge in [-0.3, -0.25) is 15.1 Å². The third-order valence-electron chi connectivity index (χ3n) is 4.20. The summed E-state index contributed by atoms with van der Waals surface area (Å²) >= 11 is 1.77. The van der Waals surface area contributed by atoms with Crippen LogP contribution in [-0.4, -0.2) is 27.5 Å². The number of hydrogen-bond donors (Lipinski definition) is 2. The maximum absolute atomic E-state index is 12.6. The van der Waals surface area contributed by atoms with E-state index in [-0.39, 0.29) is 17.2 Å². The number of H-pyrrole nitrogens is 1. The largest absolute Gasteiger partial charge is 0.361 e. The molecule has 0 aliphatic carbocycles. The van der Waals surface area contributed by atoms with Crippen LogP contribution in [0.5, 0.6) is 0 Å². The van der Waals surface area contributed by atoms with E-state index in [1.54, 1.807) is 18.0 Å². The predicted molar refractivity (Wildman–Crippen MR) is 93.4 cm³/mol. The number of fused-ring (bicyclic) bond motifs is 1. The molecule has 3 heterocycles. The van der Waals surface area contributed by atoms with Crippen molar-refractivity contribution in [1.29, 1.82) is 0 Å². The van der Waals surface area contributed by atoms with E-state index in [4.69, 9.17) is 0 Å². The minimum Gasteiger partial charge on any atom is -0.361 e. The Morgan fingerprint density at radius 3 is 3.04 bits per heavy atom. The molecular weight excluding hydrogens is 306 g/mol. The van der Waals surface area contributed by atoms with Crippen molar-refractivity contribution in [2.45, 2.75) is 17.8 Å². The van der Waals surface area contributed by atoms with E-state index in [1.165, 1.54) is 0 Å². The second-order valence-corrected chi connectivity index (χ2v) is 6.86. The standard InChI is InChI=1S/C18H17N3OS/c22-17(8-13-10-20-15-6-2-1-5-14(13)15)16-11-23-18(21-16)12-4-3-7-19-9-12/h1-7,9-10,16,18,20-21H,8,11H2. The van der Waals surface area contributed by atoms with Gasteiger partial charge in [0, 0.05) is 41.7 Å². The normalized spacial score (nSPS) is 20.9. The molecule has 2 aromatic heterocycles. The van der Waals surface area contributed by atoms with Gasteiger partial charge < -0.3 is 4.98 Å². The lowest BCUT2D eigenvalue weighted by atomic mass is 10.0. The molecule has 0 amide bonds.